The third-order valence-electron chi connectivity index (χ3n) is 13.3. The second-order valence-electron chi connectivity index (χ2n) is 17.1. The van der Waals surface area contributed by atoms with Gasteiger partial charge in [0.2, 0.25) is 11.8 Å². The Labute approximate surface area is 369 Å². The Balaban J connectivity index is 1.30. The van der Waals surface area contributed by atoms with E-state index >= 15 is 0 Å². The lowest BCUT2D eigenvalue weighted by Gasteiger charge is -2.37. The summed E-state index contributed by atoms with van der Waals surface area (Å²) in [5.74, 6) is -0.947. The van der Waals surface area contributed by atoms with E-state index in [1.807, 2.05) is 30.3 Å². The molecule has 0 aromatic heterocycles. The van der Waals surface area contributed by atoms with Gasteiger partial charge in [0.05, 0.1) is 6.61 Å². The van der Waals surface area contributed by atoms with E-state index in [4.69, 9.17) is 9.47 Å². The first-order valence-corrected chi connectivity index (χ1v) is 23.4. The lowest BCUT2D eigenvalue weighted by atomic mass is 9.82. The third kappa shape index (κ3) is 8.32. The zero-order chi connectivity index (χ0) is 43.7. The number of carbonyl (C=O) groups excluding carboxylic acids is 2. The predicted octanol–water partition coefficient (Wildman–Crippen LogP) is 9.18. The van der Waals surface area contributed by atoms with Gasteiger partial charge in [-0.15, -0.1) is 11.8 Å². The molecule has 2 aliphatic rings. The Kier molecular flexibility index (Phi) is 13.3. The van der Waals surface area contributed by atoms with Gasteiger partial charge in [0, 0.05) is 85.5 Å². The number of thioether (sulfide) groups is 1. The number of amides is 2. The fourth-order valence-corrected chi connectivity index (χ4v) is 11.5. The van der Waals surface area contributed by atoms with Crippen molar-refractivity contribution in [2.24, 2.45) is 0 Å². The maximum absolute atomic E-state index is 14.1. The van der Waals surface area contributed by atoms with E-state index < -0.39 is 24.0 Å². The Morgan fingerprint density at radius 2 is 1.24 bits per heavy atom. The molecular weight excluding hydrogens is 797 g/mol. The monoisotopic (exact) mass is 856 g/mol. The number of carboxylic acids is 1. The summed E-state index contributed by atoms with van der Waals surface area (Å²) >= 11 is 1.55. The van der Waals surface area contributed by atoms with Crippen molar-refractivity contribution < 1.29 is 29.0 Å². The second kappa shape index (κ2) is 18.8. The molecule has 0 aliphatic carbocycles. The summed E-state index contributed by atoms with van der Waals surface area (Å²) in [5.41, 5.74) is 5.92. The molecule has 6 aromatic rings. The summed E-state index contributed by atoms with van der Waals surface area (Å²) in [6, 6.07) is 21.9. The van der Waals surface area contributed by atoms with Gasteiger partial charge in [-0.25, -0.2) is 4.79 Å². The zero-order valence-corrected chi connectivity index (χ0v) is 37.8. The summed E-state index contributed by atoms with van der Waals surface area (Å²) in [6.07, 6.45) is 4.40. The van der Waals surface area contributed by atoms with Crippen LogP contribution in [-0.2, 0) is 51.7 Å². The molecule has 2 atom stereocenters. The maximum atomic E-state index is 14.1. The van der Waals surface area contributed by atoms with Gasteiger partial charge in [0.25, 0.3) is 0 Å². The minimum absolute atomic E-state index is 0.123. The third-order valence-corrected chi connectivity index (χ3v) is 14.5. The highest BCUT2D eigenvalue weighted by molar-refractivity contribution is 7.99. The molecule has 8 rings (SSSR count). The molecule has 0 radical (unpaired) electrons. The number of carboxylic acid groups (broad SMARTS) is 1. The summed E-state index contributed by atoms with van der Waals surface area (Å²) in [4.78, 5) is 45.4. The van der Waals surface area contributed by atoms with Crippen LogP contribution in [0.1, 0.15) is 88.1 Å². The van der Waals surface area contributed by atoms with Crippen molar-refractivity contribution in [3.8, 4) is 5.75 Å². The average molecular weight is 857 g/mol. The van der Waals surface area contributed by atoms with Crippen LogP contribution >= 0.6 is 11.8 Å². The van der Waals surface area contributed by atoms with Gasteiger partial charge < -0.3 is 25.2 Å². The quantitative estimate of drug-likeness (QED) is 0.0317. The highest BCUT2D eigenvalue weighted by Gasteiger charge is 2.33. The summed E-state index contributed by atoms with van der Waals surface area (Å²) in [6.45, 7) is 14.7. The van der Waals surface area contributed by atoms with Crippen LogP contribution < -0.4 is 15.4 Å². The molecule has 10 nitrogen and oxygen atoms in total. The largest absolute Gasteiger partial charge is 0.491 e. The van der Waals surface area contributed by atoms with Crippen molar-refractivity contribution >= 4 is 72.6 Å². The number of hydrogen-bond donors (Lipinski definition) is 3. The number of rotatable bonds is 19. The number of ether oxygens (including phenoxy) is 2. The molecule has 0 saturated carbocycles. The van der Waals surface area contributed by atoms with Crippen molar-refractivity contribution in [3.05, 3.63) is 94.5 Å². The maximum Gasteiger partial charge on any atom is 0.326 e. The normalized spacial score (nSPS) is 15.3. The molecule has 0 saturated heterocycles. The number of methoxy groups -OCH3 is 1. The van der Waals surface area contributed by atoms with Crippen molar-refractivity contribution in [1.29, 1.82) is 0 Å². The summed E-state index contributed by atoms with van der Waals surface area (Å²) < 4.78 is 12.2. The fourth-order valence-electron chi connectivity index (χ4n) is 10.4. The zero-order valence-electron chi connectivity index (χ0n) is 36.9. The van der Waals surface area contributed by atoms with Crippen molar-refractivity contribution in [3.63, 3.8) is 0 Å². The van der Waals surface area contributed by atoms with Crippen LogP contribution in [0, 0.1) is 0 Å². The number of carbonyl (C=O) groups is 3. The predicted molar refractivity (Wildman–Crippen MR) is 250 cm³/mol. The number of hydrogen-bond acceptors (Lipinski definition) is 8. The van der Waals surface area contributed by atoms with Crippen LogP contribution in [-0.4, -0.2) is 82.9 Å². The molecule has 0 spiro atoms. The highest BCUT2D eigenvalue weighted by atomic mass is 32.2. The van der Waals surface area contributed by atoms with Crippen molar-refractivity contribution in [2.75, 3.05) is 26.1 Å². The van der Waals surface area contributed by atoms with Gasteiger partial charge in [-0.3, -0.25) is 19.4 Å². The van der Waals surface area contributed by atoms with Crippen LogP contribution in [0.15, 0.2) is 71.6 Å². The van der Waals surface area contributed by atoms with E-state index in [-0.39, 0.29) is 18.1 Å². The van der Waals surface area contributed by atoms with Crippen molar-refractivity contribution in [2.45, 2.75) is 122 Å². The molecular formula is C51H60N4O6S. The molecule has 62 heavy (non-hydrogen) atoms. The molecule has 2 aliphatic heterocycles. The van der Waals surface area contributed by atoms with E-state index in [1.165, 1.54) is 50.7 Å². The van der Waals surface area contributed by atoms with Gasteiger partial charge in [0.15, 0.2) is 0 Å². The highest BCUT2D eigenvalue weighted by Crippen LogP contribution is 2.52. The molecule has 6 aromatic carbocycles. The van der Waals surface area contributed by atoms with Gasteiger partial charge in [-0.05, 0) is 92.6 Å². The first kappa shape index (κ1) is 43.7. The topological polar surface area (TPSA) is 120 Å². The summed E-state index contributed by atoms with van der Waals surface area (Å²) in [5, 5.41) is 25.3. The van der Waals surface area contributed by atoms with Crippen LogP contribution in [0.5, 0.6) is 5.75 Å². The SMILES string of the molecule is CCC(CC)N1Cc2ccc3c4c(SCC(NC(C)=O)C(=O)NC(Cc5ccccc5)C(=O)O)cc5c6c(ccc(c7c(OCCOC)cc(c2c37)C1)c64)CN(C(CC)CC)C5. The minimum Gasteiger partial charge on any atom is -0.491 e. The number of aliphatic carboxylic acids is 1. The lowest BCUT2D eigenvalue weighted by Crippen LogP contribution is -2.52. The molecule has 0 fully saturated rings. The first-order valence-electron chi connectivity index (χ1n) is 22.4. The smallest absolute Gasteiger partial charge is 0.326 e. The van der Waals surface area contributed by atoms with Crippen LogP contribution in [0.4, 0.5) is 0 Å². The molecule has 2 heterocycles. The Hall–Kier alpha value is -4.94. The molecule has 2 amide bonds. The van der Waals surface area contributed by atoms with E-state index in [2.05, 4.69) is 84.5 Å². The lowest BCUT2D eigenvalue weighted by molar-refractivity contribution is -0.142. The average Bonchev–Trinajstić information content (AvgIpc) is 3.26. The van der Waals surface area contributed by atoms with Gasteiger partial charge in [-0.1, -0.05) is 82.3 Å². The van der Waals surface area contributed by atoms with Gasteiger partial charge in [-0.2, -0.15) is 0 Å². The van der Waals surface area contributed by atoms with Crippen LogP contribution in [0.3, 0.4) is 0 Å². The second-order valence-corrected chi connectivity index (χ2v) is 18.2. The number of benzene rings is 6. The molecule has 3 N–H and O–H groups in total. The van der Waals surface area contributed by atoms with E-state index in [9.17, 15) is 19.5 Å². The van der Waals surface area contributed by atoms with Crippen LogP contribution in [0.2, 0.25) is 0 Å². The Morgan fingerprint density at radius 3 is 1.81 bits per heavy atom. The van der Waals surface area contributed by atoms with E-state index in [0.29, 0.717) is 25.3 Å². The van der Waals surface area contributed by atoms with Gasteiger partial charge >= 0.3 is 5.97 Å². The number of nitrogens with zero attached hydrogens (tertiary/aromatic N) is 2. The molecule has 11 heteroatoms. The van der Waals surface area contributed by atoms with E-state index in [0.717, 1.165) is 89.6 Å². The minimum atomic E-state index is -1.16. The molecule has 326 valence electrons. The molecule has 0 bridgehead atoms. The molecule has 2 unspecified atom stereocenters. The Morgan fingerprint density at radius 1 is 0.677 bits per heavy atom. The summed E-state index contributed by atoms with van der Waals surface area (Å²) in [7, 11) is 1.70. The fraction of sp³-hybridized carbons (Fsp3) is 0.431. The number of nitrogens with one attached hydrogen (secondary N) is 2. The van der Waals surface area contributed by atoms with Gasteiger partial charge in [0.1, 0.15) is 24.4 Å². The standard InChI is InChI=1S/C51H60N4O6S/c1-7-36(8-2)54-25-32-17-19-39-47-43(62-29-41(52-30(5)56)50(57)53-40(51(58)59)22-31-14-12-11-13-15-31)24-35-28-55(37(9-3)10-4)26-33-16-18-38(49(47)45(33)35)46-42(61-21-20-60-6)23-34(27-54)44(32)48(39)46/h11-19,23-24,36-37,40-41H,7-10,20-22,25-29H2,1-6H3,(H,52,56)(H,53,57)(H,58,59). The van der Waals surface area contributed by atoms with E-state index in [1.54, 1.807) is 18.9 Å². The first-order chi connectivity index (χ1) is 30.1. The Bertz CT molecular complexity index is 2610. The number of fused-ring (bicyclic) bond motifs is 2. The van der Waals surface area contributed by atoms with Crippen molar-refractivity contribution in [1.82, 2.24) is 20.4 Å². The van der Waals surface area contributed by atoms with Crippen LogP contribution in [0.25, 0.3) is 43.1 Å².